The van der Waals surface area contributed by atoms with Crippen molar-refractivity contribution in [1.29, 1.82) is 0 Å². The Bertz CT molecular complexity index is 886. The number of likely N-dealkylation sites (tertiary alicyclic amines) is 1. The Kier molecular flexibility index (Phi) is 6.59. The van der Waals surface area contributed by atoms with Crippen LogP contribution >= 0.6 is 0 Å². The van der Waals surface area contributed by atoms with Crippen molar-refractivity contribution in [3.8, 4) is 5.75 Å². The molecule has 1 saturated heterocycles. The van der Waals surface area contributed by atoms with Gasteiger partial charge in [-0.05, 0) is 12.1 Å². The summed E-state index contributed by atoms with van der Waals surface area (Å²) in [5, 5.41) is 0. The summed E-state index contributed by atoms with van der Waals surface area (Å²) in [6.07, 6.45) is -0.358. The van der Waals surface area contributed by atoms with Gasteiger partial charge < -0.3 is 14.4 Å². The number of esters is 1. The van der Waals surface area contributed by atoms with E-state index in [1.165, 1.54) is 24.1 Å². The highest BCUT2D eigenvalue weighted by Gasteiger charge is 2.41. The maximum atomic E-state index is 13.9. The number of nitrogens with zero attached hydrogens (tertiary/aromatic N) is 1. The summed E-state index contributed by atoms with van der Waals surface area (Å²) in [6, 6.07) is 13.8. The Morgan fingerprint density at radius 2 is 1.72 bits per heavy atom. The van der Waals surface area contributed by atoms with E-state index < -0.39 is 23.9 Å². The summed E-state index contributed by atoms with van der Waals surface area (Å²) in [5.41, 5.74) is 0.534. The van der Waals surface area contributed by atoms with Crippen LogP contribution in [-0.2, 0) is 14.3 Å². The van der Waals surface area contributed by atoms with Gasteiger partial charge in [0.15, 0.2) is 17.3 Å². The topological polar surface area (TPSA) is 72.9 Å². The number of rotatable bonds is 7. The van der Waals surface area contributed by atoms with Crippen molar-refractivity contribution < 1.29 is 28.2 Å². The van der Waals surface area contributed by atoms with Crippen molar-refractivity contribution in [2.45, 2.75) is 31.4 Å². The van der Waals surface area contributed by atoms with Gasteiger partial charge in [-0.25, -0.2) is 9.18 Å². The third kappa shape index (κ3) is 4.99. The van der Waals surface area contributed by atoms with Crippen molar-refractivity contribution in [3.63, 3.8) is 0 Å². The molecule has 0 aromatic heterocycles. The fourth-order valence-electron chi connectivity index (χ4n) is 3.37. The summed E-state index contributed by atoms with van der Waals surface area (Å²) in [5.74, 6) is -1.50. The first-order valence-corrected chi connectivity index (χ1v) is 9.36. The Balaban J connectivity index is 1.65. The Hall–Kier alpha value is -3.22. The molecule has 0 spiro atoms. The molecule has 0 bridgehead atoms. The number of Topliss-reactive ketones (excluding diaryl/α,β-unsaturated/α-hetero) is 1. The first-order chi connectivity index (χ1) is 14.0. The molecule has 29 heavy (non-hydrogen) atoms. The van der Waals surface area contributed by atoms with Crippen LogP contribution in [0.25, 0.3) is 0 Å². The second kappa shape index (κ2) is 9.32. The third-order valence-electron chi connectivity index (χ3n) is 4.85. The molecule has 152 valence electrons. The highest BCUT2D eigenvalue weighted by atomic mass is 19.1. The van der Waals surface area contributed by atoms with Gasteiger partial charge in [0.2, 0.25) is 5.91 Å². The number of carbonyl (C=O) groups excluding carboxylic acids is 3. The number of carbonyl (C=O) groups is 3. The van der Waals surface area contributed by atoms with Crippen molar-refractivity contribution in [1.82, 2.24) is 4.90 Å². The van der Waals surface area contributed by atoms with Crippen LogP contribution in [0, 0.1) is 5.82 Å². The molecule has 2 aromatic carbocycles. The van der Waals surface area contributed by atoms with Gasteiger partial charge in [0, 0.05) is 24.8 Å². The summed E-state index contributed by atoms with van der Waals surface area (Å²) in [7, 11) is 1.25. The standard InChI is InChI=1S/C22H22FNO5/c1-28-22(27)18-13-16(29-20-10-6-5-9-17(20)23)14-24(18)21(26)12-11-19(25)15-7-3-2-4-8-15/h2-10,16,18H,11-14H2,1H3/t16-,18-/m1/s1. The van der Waals surface area contributed by atoms with Crippen LogP contribution in [-0.4, -0.2) is 48.4 Å². The summed E-state index contributed by atoms with van der Waals surface area (Å²) < 4.78 is 24.3. The second-order valence-electron chi connectivity index (χ2n) is 6.78. The quantitative estimate of drug-likeness (QED) is 0.529. The van der Waals surface area contributed by atoms with Crippen LogP contribution < -0.4 is 4.74 Å². The van der Waals surface area contributed by atoms with Gasteiger partial charge in [-0.3, -0.25) is 9.59 Å². The van der Waals surface area contributed by atoms with Gasteiger partial charge >= 0.3 is 5.97 Å². The molecule has 1 aliphatic heterocycles. The summed E-state index contributed by atoms with van der Waals surface area (Å²) in [4.78, 5) is 38.5. The van der Waals surface area contributed by atoms with Crippen LogP contribution in [0.1, 0.15) is 29.6 Å². The molecule has 2 aromatic rings. The molecule has 1 aliphatic rings. The Labute approximate surface area is 168 Å². The van der Waals surface area contributed by atoms with E-state index in [-0.39, 0.29) is 43.2 Å². The molecule has 2 atom stereocenters. The van der Waals surface area contributed by atoms with Crippen LogP contribution in [0.5, 0.6) is 5.75 Å². The van der Waals surface area contributed by atoms with Gasteiger partial charge in [0.1, 0.15) is 12.1 Å². The number of hydrogen-bond donors (Lipinski definition) is 0. The number of halogens is 1. The van der Waals surface area contributed by atoms with E-state index in [0.717, 1.165) is 0 Å². The van der Waals surface area contributed by atoms with Crippen molar-refractivity contribution in [3.05, 3.63) is 66.0 Å². The van der Waals surface area contributed by atoms with E-state index in [9.17, 15) is 18.8 Å². The number of hydrogen-bond acceptors (Lipinski definition) is 5. The molecule has 1 fully saturated rings. The molecule has 0 N–H and O–H groups in total. The first-order valence-electron chi connectivity index (χ1n) is 9.36. The number of benzene rings is 2. The van der Waals surface area contributed by atoms with Gasteiger partial charge in [0.25, 0.3) is 0 Å². The maximum absolute atomic E-state index is 13.9. The molecule has 0 aliphatic carbocycles. The van der Waals surface area contributed by atoms with E-state index >= 15 is 0 Å². The molecule has 0 unspecified atom stereocenters. The van der Waals surface area contributed by atoms with Crippen LogP contribution in [0.4, 0.5) is 4.39 Å². The molecule has 1 heterocycles. The first kappa shape index (κ1) is 20.5. The second-order valence-corrected chi connectivity index (χ2v) is 6.78. The van der Waals surface area contributed by atoms with E-state index in [1.54, 1.807) is 36.4 Å². The minimum absolute atomic E-state index is 0.0338. The lowest BCUT2D eigenvalue weighted by molar-refractivity contribution is -0.150. The third-order valence-corrected chi connectivity index (χ3v) is 4.85. The zero-order valence-electron chi connectivity index (χ0n) is 16.0. The Morgan fingerprint density at radius 3 is 2.41 bits per heavy atom. The SMILES string of the molecule is COC(=O)[C@H]1C[C@@H](Oc2ccccc2F)CN1C(=O)CCC(=O)c1ccccc1. The van der Waals surface area contributed by atoms with Crippen molar-refractivity contribution in [2.75, 3.05) is 13.7 Å². The fraction of sp³-hybridized carbons (Fsp3) is 0.318. The van der Waals surface area contributed by atoms with Crippen molar-refractivity contribution >= 4 is 17.7 Å². The van der Waals surface area contributed by atoms with Gasteiger partial charge in [-0.1, -0.05) is 42.5 Å². The van der Waals surface area contributed by atoms with Crippen LogP contribution in [0.2, 0.25) is 0 Å². The van der Waals surface area contributed by atoms with Crippen LogP contribution in [0.15, 0.2) is 54.6 Å². The number of para-hydroxylation sites is 1. The predicted molar refractivity (Wildman–Crippen MR) is 103 cm³/mol. The predicted octanol–water partition coefficient (Wildman–Crippen LogP) is 3.01. The molecule has 7 heteroatoms. The molecule has 6 nitrogen and oxygen atoms in total. The normalized spacial score (nSPS) is 18.3. The smallest absolute Gasteiger partial charge is 0.328 e. The Morgan fingerprint density at radius 1 is 1.03 bits per heavy atom. The average Bonchev–Trinajstić information content (AvgIpc) is 3.17. The molecule has 0 radical (unpaired) electrons. The molecule has 3 rings (SSSR count). The molecular weight excluding hydrogens is 377 g/mol. The molecule has 1 amide bonds. The number of methoxy groups -OCH3 is 1. The van der Waals surface area contributed by atoms with Gasteiger partial charge in [0.05, 0.1) is 13.7 Å². The zero-order valence-corrected chi connectivity index (χ0v) is 16.0. The maximum Gasteiger partial charge on any atom is 0.328 e. The van der Waals surface area contributed by atoms with E-state index in [2.05, 4.69) is 0 Å². The van der Waals surface area contributed by atoms with Crippen molar-refractivity contribution in [2.24, 2.45) is 0 Å². The minimum atomic E-state index is -0.823. The highest BCUT2D eigenvalue weighted by Crippen LogP contribution is 2.26. The fourth-order valence-corrected chi connectivity index (χ4v) is 3.37. The lowest BCUT2D eigenvalue weighted by atomic mass is 10.1. The molecular formula is C22H22FNO5. The number of ketones is 1. The summed E-state index contributed by atoms with van der Waals surface area (Å²) >= 11 is 0. The minimum Gasteiger partial charge on any atom is -0.485 e. The highest BCUT2D eigenvalue weighted by molar-refractivity contribution is 5.98. The summed E-state index contributed by atoms with van der Waals surface area (Å²) in [6.45, 7) is 0.118. The zero-order chi connectivity index (χ0) is 20.8. The lowest BCUT2D eigenvalue weighted by Crippen LogP contribution is -2.41. The number of amides is 1. The van der Waals surface area contributed by atoms with E-state index in [1.807, 2.05) is 6.07 Å². The lowest BCUT2D eigenvalue weighted by Gasteiger charge is -2.22. The monoisotopic (exact) mass is 399 g/mol. The van der Waals surface area contributed by atoms with Gasteiger partial charge in [-0.2, -0.15) is 0 Å². The van der Waals surface area contributed by atoms with Gasteiger partial charge in [-0.15, -0.1) is 0 Å². The van der Waals surface area contributed by atoms with E-state index in [0.29, 0.717) is 5.56 Å². The molecule has 0 saturated carbocycles. The average molecular weight is 399 g/mol. The number of ether oxygens (including phenoxy) is 2. The van der Waals surface area contributed by atoms with Crippen LogP contribution in [0.3, 0.4) is 0 Å². The largest absolute Gasteiger partial charge is 0.485 e. The van der Waals surface area contributed by atoms with E-state index in [4.69, 9.17) is 9.47 Å².